The number of hydrogen-bond acceptors (Lipinski definition) is 6. The second kappa shape index (κ2) is 10.1. The molecule has 0 aromatic heterocycles. The monoisotopic (exact) mass is 457 g/mol. The fraction of sp³-hybridized carbons (Fsp3) is 0.0952. The van der Waals surface area contributed by atoms with Gasteiger partial charge in [-0.05, 0) is 41.1 Å². The van der Waals surface area contributed by atoms with Crippen molar-refractivity contribution < 1.29 is 19.3 Å². The smallest absolute Gasteiger partial charge is 0.293 e. The summed E-state index contributed by atoms with van der Waals surface area (Å²) in [6, 6.07) is 13.4. The number of nitro groups is 1. The summed E-state index contributed by atoms with van der Waals surface area (Å²) in [5.41, 5.74) is 0.957. The molecule has 0 atom stereocenters. The number of carbonyl (C=O) groups is 3. The Labute approximate surface area is 186 Å². The Kier molecular flexibility index (Phi) is 7.22. The molecule has 10 heteroatoms. The van der Waals surface area contributed by atoms with Crippen LogP contribution in [0.1, 0.15) is 11.1 Å². The lowest BCUT2D eigenvalue weighted by molar-refractivity contribution is -0.384. The minimum Gasteiger partial charge on any atom is -0.351 e. The number of nitrogens with one attached hydrogen (secondary N) is 1. The van der Waals surface area contributed by atoms with Crippen molar-refractivity contribution in [2.24, 2.45) is 0 Å². The van der Waals surface area contributed by atoms with E-state index in [1.807, 2.05) is 30.3 Å². The summed E-state index contributed by atoms with van der Waals surface area (Å²) in [5, 5.41) is 13.1. The van der Waals surface area contributed by atoms with Crippen LogP contribution < -0.4 is 5.32 Å². The lowest BCUT2D eigenvalue weighted by atomic mass is 10.2. The molecule has 1 saturated heterocycles. The van der Waals surface area contributed by atoms with Crippen molar-refractivity contribution >= 4 is 58.3 Å². The maximum Gasteiger partial charge on any atom is 0.293 e. The number of hydrogen-bond donors (Lipinski definition) is 1. The zero-order valence-corrected chi connectivity index (χ0v) is 17.6. The summed E-state index contributed by atoms with van der Waals surface area (Å²) in [7, 11) is 0. The minimum absolute atomic E-state index is 0.00763. The highest BCUT2D eigenvalue weighted by Crippen LogP contribution is 2.33. The van der Waals surface area contributed by atoms with Crippen LogP contribution in [-0.4, -0.2) is 40.0 Å². The molecule has 1 fully saturated rings. The van der Waals surface area contributed by atoms with Gasteiger partial charge in [0, 0.05) is 25.2 Å². The predicted octanol–water partition coefficient (Wildman–Crippen LogP) is 4.11. The fourth-order valence-corrected chi connectivity index (χ4v) is 3.74. The molecule has 8 nitrogen and oxygen atoms in total. The first-order valence-electron chi connectivity index (χ1n) is 9.05. The average Bonchev–Trinajstić information content (AvgIpc) is 3.01. The zero-order valence-electron chi connectivity index (χ0n) is 16.0. The first-order valence-corrected chi connectivity index (χ1v) is 10.2. The average molecular weight is 458 g/mol. The Balaban J connectivity index is 1.58. The van der Waals surface area contributed by atoms with Crippen LogP contribution in [0.25, 0.3) is 12.2 Å². The van der Waals surface area contributed by atoms with Crippen molar-refractivity contribution in [1.29, 1.82) is 0 Å². The van der Waals surface area contributed by atoms with Crippen molar-refractivity contribution in [3.63, 3.8) is 0 Å². The topological polar surface area (TPSA) is 110 Å². The number of rotatable bonds is 7. The van der Waals surface area contributed by atoms with Crippen LogP contribution in [-0.2, 0) is 9.59 Å². The molecule has 0 saturated carbocycles. The van der Waals surface area contributed by atoms with Crippen molar-refractivity contribution in [2.45, 2.75) is 0 Å². The maximum atomic E-state index is 12.5. The van der Waals surface area contributed by atoms with Crippen molar-refractivity contribution in [3.05, 3.63) is 85.8 Å². The number of halogens is 1. The van der Waals surface area contributed by atoms with Gasteiger partial charge in [0.15, 0.2) is 0 Å². The fourth-order valence-electron chi connectivity index (χ4n) is 2.69. The molecule has 0 unspecified atom stereocenters. The molecule has 0 bridgehead atoms. The second-order valence-electron chi connectivity index (χ2n) is 6.34. The van der Waals surface area contributed by atoms with E-state index in [1.54, 1.807) is 6.08 Å². The van der Waals surface area contributed by atoms with E-state index in [-0.39, 0.29) is 34.6 Å². The molecule has 1 aliphatic heterocycles. The predicted molar refractivity (Wildman–Crippen MR) is 119 cm³/mol. The van der Waals surface area contributed by atoms with Gasteiger partial charge in [0.05, 0.1) is 9.83 Å². The highest BCUT2D eigenvalue weighted by atomic mass is 35.5. The quantitative estimate of drug-likeness (QED) is 0.380. The molecule has 1 heterocycles. The van der Waals surface area contributed by atoms with E-state index < -0.39 is 16.1 Å². The molecule has 2 aromatic carbocycles. The van der Waals surface area contributed by atoms with Crippen LogP contribution in [0.4, 0.5) is 10.5 Å². The molecule has 31 heavy (non-hydrogen) atoms. The Hall–Kier alpha value is -3.43. The molecule has 3 rings (SSSR count). The first kappa shape index (κ1) is 22.3. The maximum absolute atomic E-state index is 12.5. The third kappa shape index (κ3) is 5.80. The van der Waals surface area contributed by atoms with Gasteiger partial charge in [-0.25, -0.2) is 0 Å². The summed E-state index contributed by atoms with van der Waals surface area (Å²) >= 11 is 6.52. The summed E-state index contributed by atoms with van der Waals surface area (Å²) in [6.45, 7) is 0.101. The number of nitro benzene ring substituents is 1. The van der Waals surface area contributed by atoms with Crippen LogP contribution in [0.3, 0.4) is 0 Å². The van der Waals surface area contributed by atoms with Crippen LogP contribution in [0.2, 0.25) is 5.02 Å². The number of carbonyl (C=O) groups excluding carboxylic acids is 3. The summed E-state index contributed by atoms with van der Waals surface area (Å²) in [4.78, 5) is 48.1. The van der Waals surface area contributed by atoms with Gasteiger partial charge >= 0.3 is 0 Å². The first-order chi connectivity index (χ1) is 14.8. The van der Waals surface area contributed by atoms with Crippen molar-refractivity contribution in [1.82, 2.24) is 10.2 Å². The van der Waals surface area contributed by atoms with Crippen LogP contribution >= 0.6 is 23.4 Å². The van der Waals surface area contributed by atoms with Gasteiger partial charge in [-0.2, -0.15) is 0 Å². The van der Waals surface area contributed by atoms with Gasteiger partial charge in [0.25, 0.3) is 16.8 Å². The Morgan fingerprint density at radius 3 is 2.61 bits per heavy atom. The Morgan fingerprint density at radius 2 is 1.90 bits per heavy atom. The molecule has 158 valence electrons. The Morgan fingerprint density at radius 1 is 1.16 bits per heavy atom. The standard InChI is InChI=1S/C21H16ClN3O5S/c22-16-8-6-15(12-17(16)25(29)30)13-18-20(27)24(21(28)31-18)11-10-23-19(26)9-7-14-4-2-1-3-5-14/h1-9,12-13H,10-11H2,(H,23,26)/b9-7+,18-13-. The SMILES string of the molecule is O=C(/C=C/c1ccccc1)NCCN1C(=O)S/C(=C\c2ccc(Cl)c([N+](=O)[O-])c2)C1=O. The summed E-state index contributed by atoms with van der Waals surface area (Å²) in [6.07, 6.45) is 4.43. The van der Waals surface area contributed by atoms with Crippen LogP contribution in [0.15, 0.2) is 59.5 Å². The van der Waals surface area contributed by atoms with Gasteiger partial charge in [0.2, 0.25) is 5.91 Å². The van der Waals surface area contributed by atoms with Gasteiger partial charge in [-0.3, -0.25) is 29.4 Å². The van der Waals surface area contributed by atoms with Crippen LogP contribution in [0, 0.1) is 10.1 Å². The highest BCUT2D eigenvalue weighted by molar-refractivity contribution is 8.18. The number of amides is 3. The molecular weight excluding hydrogens is 442 g/mol. The third-order valence-corrected chi connectivity index (χ3v) is 5.43. The highest BCUT2D eigenvalue weighted by Gasteiger charge is 2.34. The van der Waals surface area contributed by atoms with Gasteiger partial charge < -0.3 is 5.32 Å². The van der Waals surface area contributed by atoms with Gasteiger partial charge in [-0.15, -0.1) is 0 Å². The van der Waals surface area contributed by atoms with E-state index in [0.29, 0.717) is 5.56 Å². The number of imide groups is 1. The molecule has 3 amide bonds. The normalized spacial score (nSPS) is 15.1. The largest absolute Gasteiger partial charge is 0.351 e. The van der Waals surface area contributed by atoms with Gasteiger partial charge in [0.1, 0.15) is 5.02 Å². The van der Waals surface area contributed by atoms with Crippen molar-refractivity contribution in [3.8, 4) is 0 Å². The molecule has 1 aliphatic rings. The lowest BCUT2D eigenvalue weighted by Crippen LogP contribution is -2.36. The molecule has 0 radical (unpaired) electrons. The van der Waals surface area contributed by atoms with E-state index in [4.69, 9.17) is 11.6 Å². The summed E-state index contributed by atoms with van der Waals surface area (Å²) in [5.74, 6) is -0.874. The van der Waals surface area contributed by atoms with Crippen LogP contribution in [0.5, 0.6) is 0 Å². The lowest BCUT2D eigenvalue weighted by Gasteiger charge is -2.12. The number of benzene rings is 2. The molecule has 0 aliphatic carbocycles. The Bertz CT molecular complexity index is 1100. The van der Waals surface area contributed by atoms with E-state index in [9.17, 15) is 24.5 Å². The van der Waals surface area contributed by atoms with Crippen molar-refractivity contribution in [2.75, 3.05) is 13.1 Å². The van der Waals surface area contributed by atoms with E-state index in [2.05, 4.69) is 5.32 Å². The number of thioether (sulfide) groups is 1. The third-order valence-electron chi connectivity index (χ3n) is 4.20. The molecular formula is C21H16ClN3O5S. The van der Waals surface area contributed by atoms with E-state index in [1.165, 1.54) is 30.4 Å². The van der Waals surface area contributed by atoms with E-state index in [0.717, 1.165) is 22.2 Å². The second-order valence-corrected chi connectivity index (χ2v) is 7.74. The zero-order chi connectivity index (χ0) is 22.4. The van der Waals surface area contributed by atoms with Gasteiger partial charge in [-0.1, -0.05) is 48.0 Å². The van der Waals surface area contributed by atoms with E-state index >= 15 is 0 Å². The number of nitrogens with zero attached hydrogens (tertiary/aromatic N) is 2. The minimum atomic E-state index is -0.625. The molecule has 2 aromatic rings. The molecule has 1 N–H and O–H groups in total. The summed E-state index contributed by atoms with van der Waals surface area (Å²) < 4.78 is 0. The molecule has 0 spiro atoms.